The summed E-state index contributed by atoms with van der Waals surface area (Å²) in [5, 5.41) is 2.96. The van der Waals surface area contributed by atoms with Crippen LogP contribution in [0.4, 0.5) is 11.4 Å². The number of ether oxygens (including phenoxy) is 1. The molecule has 0 spiro atoms. The van der Waals surface area contributed by atoms with Crippen molar-refractivity contribution in [1.29, 1.82) is 0 Å². The number of hydrogen-bond donors (Lipinski definition) is 2. The molecular formula is C26H29N3O4S. The molecule has 4 rings (SSSR count). The molecule has 1 unspecified atom stereocenters. The van der Waals surface area contributed by atoms with Gasteiger partial charge in [-0.3, -0.25) is 9.52 Å². The second-order valence-corrected chi connectivity index (χ2v) is 10.1. The molecular weight excluding hydrogens is 450 g/mol. The van der Waals surface area contributed by atoms with Crippen molar-refractivity contribution in [2.75, 3.05) is 36.4 Å². The van der Waals surface area contributed by atoms with Crippen molar-refractivity contribution in [2.24, 2.45) is 5.92 Å². The number of aryl methyl sites for hydroxylation is 1. The minimum atomic E-state index is -3.96. The molecule has 1 aliphatic heterocycles. The first-order valence-corrected chi connectivity index (χ1v) is 12.7. The van der Waals surface area contributed by atoms with E-state index in [4.69, 9.17) is 4.74 Å². The fourth-order valence-electron chi connectivity index (χ4n) is 4.07. The maximum Gasteiger partial charge on any atom is 0.265 e. The summed E-state index contributed by atoms with van der Waals surface area (Å²) in [6.07, 6.45) is 0.984. The second kappa shape index (κ2) is 10.2. The molecule has 1 atom stereocenters. The highest BCUT2D eigenvalue weighted by Crippen LogP contribution is 2.28. The van der Waals surface area contributed by atoms with Crippen molar-refractivity contribution in [2.45, 2.75) is 18.2 Å². The molecule has 178 valence electrons. The van der Waals surface area contributed by atoms with Crippen LogP contribution in [0.25, 0.3) is 0 Å². The minimum absolute atomic E-state index is 0.0839. The molecule has 0 aliphatic carbocycles. The van der Waals surface area contributed by atoms with E-state index in [1.54, 1.807) is 18.2 Å². The van der Waals surface area contributed by atoms with Gasteiger partial charge >= 0.3 is 0 Å². The number of amides is 1. The van der Waals surface area contributed by atoms with Crippen LogP contribution in [0.3, 0.4) is 0 Å². The molecule has 34 heavy (non-hydrogen) atoms. The van der Waals surface area contributed by atoms with Crippen LogP contribution in [0.5, 0.6) is 5.75 Å². The second-order valence-electron chi connectivity index (χ2n) is 8.48. The summed E-state index contributed by atoms with van der Waals surface area (Å²) in [6.45, 7) is 4.26. The van der Waals surface area contributed by atoms with Crippen LogP contribution in [0.15, 0.2) is 77.7 Å². The van der Waals surface area contributed by atoms with E-state index in [2.05, 4.69) is 27.1 Å². The normalized spacial score (nSPS) is 15.7. The molecule has 0 bridgehead atoms. The number of sulfonamides is 1. The van der Waals surface area contributed by atoms with Gasteiger partial charge in [0.25, 0.3) is 15.9 Å². The quantitative estimate of drug-likeness (QED) is 0.509. The molecule has 1 fully saturated rings. The molecule has 1 heterocycles. The Balaban J connectivity index is 1.43. The molecule has 3 aromatic carbocycles. The number of carbonyl (C=O) groups excluding carboxylic acids is 1. The number of nitrogens with zero attached hydrogens (tertiary/aromatic N) is 1. The fraction of sp³-hybridized carbons (Fsp3) is 0.269. The molecule has 1 aliphatic rings. The SMILES string of the molecule is COc1ccc(C(=O)NCC2CCN(c3ccccc3)C2)cc1S(=O)(=O)Nc1ccc(C)cc1. The van der Waals surface area contributed by atoms with Gasteiger partial charge in [-0.05, 0) is 61.7 Å². The van der Waals surface area contributed by atoms with Gasteiger partial charge in [-0.2, -0.15) is 0 Å². The first kappa shape index (κ1) is 23.6. The van der Waals surface area contributed by atoms with E-state index in [0.29, 0.717) is 18.2 Å². The number of carbonyl (C=O) groups is 1. The van der Waals surface area contributed by atoms with Gasteiger partial charge in [0, 0.05) is 36.6 Å². The Labute approximate surface area is 200 Å². The maximum absolute atomic E-state index is 13.1. The zero-order valence-electron chi connectivity index (χ0n) is 19.3. The molecule has 0 radical (unpaired) electrons. The number of rotatable bonds is 8. The average Bonchev–Trinajstić information content (AvgIpc) is 3.33. The van der Waals surface area contributed by atoms with Crippen molar-refractivity contribution >= 4 is 27.3 Å². The summed E-state index contributed by atoms with van der Waals surface area (Å²) in [4.78, 5) is 15.1. The molecule has 1 saturated heterocycles. The minimum Gasteiger partial charge on any atom is -0.495 e. The Bertz CT molecular complexity index is 1240. The van der Waals surface area contributed by atoms with Gasteiger partial charge in [0.05, 0.1) is 7.11 Å². The molecule has 0 saturated carbocycles. The molecule has 2 N–H and O–H groups in total. The van der Waals surface area contributed by atoms with Gasteiger partial charge in [-0.15, -0.1) is 0 Å². The lowest BCUT2D eigenvalue weighted by Crippen LogP contribution is -2.31. The third kappa shape index (κ3) is 5.51. The molecule has 7 nitrogen and oxygen atoms in total. The maximum atomic E-state index is 13.1. The predicted octanol–water partition coefficient (Wildman–Crippen LogP) is 4.06. The summed E-state index contributed by atoms with van der Waals surface area (Å²) in [5.41, 5.74) is 2.91. The van der Waals surface area contributed by atoms with Gasteiger partial charge in [0.1, 0.15) is 10.6 Å². The predicted molar refractivity (Wildman–Crippen MR) is 134 cm³/mol. The highest BCUT2D eigenvalue weighted by atomic mass is 32.2. The van der Waals surface area contributed by atoms with E-state index < -0.39 is 10.0 Å². The number of anilines is 2. The summed E-state index contributed by atoms with van der Waals surface area (Å²) in [6, 6.07) is 21.7. The van der Waals surface area contributed by atoms with Gasteiger partial charge in [0.15, 0.2) is 0 Å². The number of hydrogen-bond acceptors (Lipinski definition) is 5. The first-order chi connectivity index (χ1) is 16.4. The van der Waals surface area contributed by atoms with Gasteiger partial charge in [-0.25, -0.2) is 8.42 Å². The Morgan fingerprint density at radius 2 is 1.79 bits per heavy atom. The lowest BCUT2D eigenvalue weighted by Gasteiger charge is -2.19. The zero-order valence-corrected chi connectivity index (χ0v) is 20.1. The van der Waals surface area contributed by atoms with Gasteiger partial charge in [-0.1, -0.05) is 35.9 Å². The van der Waals surface area contributed by atoms with Crippen molar-refractivity contribution in [3.63, 3.8) is 0 Å². The van der Waals surface area contributed by atoms with Crippen LogP contribution in [-0.4, -0.2) is 41.1 Å². The standard InChI is InChI=1S/C26H29N3O4S/c1-19-8-11-22(12-9-19)28-34(31,32)25-16-21(10-13-24(25)33-2)26(30)27-17-20-14-15-29(18-20)23-6-4-3-5-7-23/h3-13,16,20,28H,14-15,17-18H2,1-2H3,(H,27,30). The van der Waals surface area contributed by atoms with Gasteiger partial charge < -0.3 is 15.0 Å². The van der Waals surface area contributed by atoms with Crippen LogP contribution in [0.2, 0.25) is 0 Å². The highest BCUT2D eigenvalue weighted by molar-refractivity contribution is 7.92. The van der Waals surface area contributed by atoms with Crippen LogP contribution >= 0.6 is 0 Å². The Morgan fingerprint density at radius 3 is 2.50 bits per heavy atom. The van der Waals surface area contributed by atoms with E-state index in [-0.39, 0.29) is 22.1 Å². The first-order valence-electron chi connectivity index (χ1n) is 11.2. The average molecular weight is 480 g/mol. The largest absolute Gasteiger partial charge is 0.495 e. The number of benzene rings is 3. The summed E-state index contributed by atoms with van der Waals surface area (Å²) < 4.78 is 33.9. The summed E-state index contributed by atoms with van der Waals surface area (Å²) in [7, 11) is -2.55. The van der Waals surface area contributed by atoms with E-state index in [1.807, 2.05) is 37.3 Å². The van der Waals surface area contributed by atoms with Crippen LogP contribution in [0, 0.1) is 12.8 Å². The highest BCUT2D eigenvalue weighted by Gasteiger charge is 2.25. The van der Waals surface area contributed by atoms with E-state index in [0.717, 1.165) is 25.1 Å². The van der Waals surface area contributed by atoms with Crippen molar-refractivity contribution in [1.82, 2.24) is 5.32 Å². The Kier molecular flexibility index (Phi) is 7.07. The van der Waals surface area contributed by atoms with Crippen LogP contribution < -0.4 is 19.7 Å². The van der Waals surface area contributed by atoms with E-state index in [1.165, 1.54) is 24.9 Å². The number of para-hydroxylation sites is 1. The smallest absolute Gasteiger partial charge is 0.265 e. The molecule has 0 aromatic heterocycles. The number of nitrogens with one attached hydrogen (secondary N) is 2. The third-order valence-corrected chi connectivity index (χ3v) is 7.38. The Morgan fingerprint density at radius 1 is 1.06 bits per heavy atom. The lowest BCUT2D eigenvalue weighted by molar-refractivity contribution is 0.0948. The number of methoxy groups -OCH3 is 1. The molecule has 3 aromatic rings. The zero-order chi connectivity index (χ0) is 24.1. The topological polar surface area (TPSA) is 87.7 Å². The summed E-state index contributed by atoms with van der Waals surface area (Å²) >= 11 is 0. The monoisotopic (exact) mass is 479 g/mol. The third-order valence-electron chi connectivity index (χ3n) is 5.98. The Hall–Kier alpha value is -3.52. The lowest BCUT2D eigenvalue weighted by atomic mass is 10.1. The van der Waals surface area contributed by atoms with Crippen molar-refractivity contribution < 1.29 is 17.9 Å². The van der Waals surface area contributed by atoms with Crippen LogP contribution in [0.1, 0.15) is 22.3 Å². The fourth-order valence-corrected chi connectivity index (χ4v) is 5.33. The van der Waals surface area contributed by atoms with E-state index in [9.17, 15) is 13.2 Å². The van der Waals surface area contributed by atoms with Gasteiger partial charge in [0.2, 0.25) is 0 Å². The van der Waals surface area contributed by atoms with Crippen molar-refractivity contribution in [3.05, 3.63) is 83.9 Å². The van der Waals surface area contributed by atoms with E-state index >= 15 is 0 Å². The van der Waals surface area contributed by atoms with Crippen molar-refractivity contribution in [3.8, 4) is 5.75 Å². The summed E-state index contributed by atoms with van der Waals surface area (Å²) in [5.74, 6) is 0.187. The molecule has 8 heteroatoms. The van der Waals surface area contributed by atoms with Crippen LogP contribution in [-0.2, 0) is 10.0 Å². The molecule has 1 amide bonds.